The SMILES string of the molecule is Cc1cc(NC(=O)[C@H]2NCCO[C@@H]2C)ccc1OCCN1CCCC1.Cl.Cl. The molecule has 0 saturated carbocycles. The van der Waals surface area contributed by atoms with Crippen LogP contribution < -0.4 is 15.4 Å². The summed E-state index contributed by atoms with van der Waals surface area (Å²) in [5.74, 6) is 0.819. The van der Waals surface area contributed by atoms with Crippen LogP contribution in [0.4, 0.5) is 5.69 Å². The minimum absolute atomic E-state index is 0. The van der Waals surface area contributed by atoms with Crippen LogP contribution >= 0.6 is 24.8 Å². The highest BCUT2D eigenvalue weighted by molar-refractivity contribution is 5.95. The Balaban J connectivity index is 0.00000182. The van der Waals surface area contributed by atoms with Gasteiger partial charge in [0.05, 0.1) is 12.7 Å². The molecule has 0 radical (unpaired) electrons. The van der Waals surface area contributed by atoms with E-state index in [0.29, 0.717) is 19.8 Å². The number of rotatable bonds is 6. The van der Waals surface area contributed by atoms with E-state index < -0.39 is 0 Å². The van der Waals surface area contributed by atoms with Gasteiger partial charge in [-0.05, 0) is 63.5 Å². The number of carbonyl (C=O) groups excluding carboxylic acids is 1. The number of anilines is 1. The fraction of sp³-hybridized carbons (Fsp3) is 0.632. The average molecular weight is 420 g/mol. The molecule has 0 unspecified atom stereocenters. The molecular weight excluding hydrogens is 389 g/mol. The number of ether oxygens (including phenoxy) is 2. The van der Waals surface area contributed by atoms with Gasteiger partial charge in [-0.15, -0.1) is 24.8 Å². The molecule has 2 saturated heterocycles. The van der Waals surface area contributed by atoms with Gasteiger partial charge in [-0.3, -0.25) is 9.69 Å². The molecule has 1 aromatic rings. The molecule has 1 amide bonds. The van der Waals surface area contributed by atoms with E-state index in [2.05, 4.69) is 15.5 Å². The number of benzene rings is 1. The Labute approximate surface area is 174 Å². The molecule has 0 aliphatic carbocycles. The molecule has 6 nitrogen and oxygen atoms in total. The fourth-order valence-corrected chi connectivity index (χ4v) is 3.43. The molecule has 2 fully saturated rings. The predicted molar refractivity (Wildman–Crippen MR) is 113 cm³/mol. The quantitative estimate of drug-likeness (QED) is 0.741. The molecule has 2 heterocycles. The van der Waals surface area contributed by atoms with Crippen molar-refractivity contribution in [2.24, 2.45) is 0 Å². The van der Waals surface area contributed by atoms with Crippen molar-refractivity contribution in [3.05, 3.63) is 23.8 Å². The molecule has 3 rings (SSSR count). The maximum atomic E-state index is 12.4. The second-order valence-electron chi connectivity index (χ2n) is 6.87. The molecule has 8 heteroatoms. The molecule has 0 spiro atoms. The number of aryl methyl sites for hydroxylation is 1. The molecule has 2 aliphatic rings. The summed E-state index contributed by atoms with van der Waals surface area (Å²) in [6.07, 6.45) is 2.47. The van der Waals surface area contributed by atoms with Crippen molar-refractivity contribution in [3.8, 4) is 5.75 Å². The summed E-state index contributed by atoms with van der Waals surface area (Å²) in [5, 5.41) is 6.17. The van der Waals surface area contributed by atoms with Gasteiger partial charge in [0.25, 0.3) is 0 Å². The second-order valence-corrected chi connectivity index (χ2v) is 6.87. The maximum absolute atomic E-state index is 12.4. The van der Waals surface area contributed by atoms with Crippen LogP contribution in [0.2, 0.25) is 0 Å². The Kier molecular flexibility index (Phi) is 10.4. The summed E-state index contributed by atoms with van der Waals surface area (Å²) in [6, 6.07) is 5.47. The van der Waals surface area contributed by atoms with Gasteiger partial charge < -0.3 is 20.1 Å². The number of amides is 1. The number of nitrogens with zero attached hydrogens (tertiary/aromatic N) is 1. The van der Waals surface area contributed by atoms with Gasteiger partial charge in [-0.2, -0.15) is 0 Å². The van der Waals surface area contributed by atoms with E-state index in [0.717, 1.165) is 23.5 Å². The first-order valence-electron chi connectivity index (χ1n) is 9.25. The monoisotopic (exact) mass is 419 g/mol. The minimum Gasteiger partial charge on any atom is -0.492 e. The number of carbonyl (C=O) groups is 1. The lowest BCUT2D eigenvalue weighted by molar-refractivity contribution is -0.123. The van der Waals surface area contributed by atoms with Crippen molar-refractivity contribution in [1.82, 2.24) is 10.2 Å². The summed E-state index contributed by atoms with van der Waals surface area (Å²) in [5.41, 5.74) is 1.81. The number of hydrogen-bond acceptors (Lipinski definition) is 5. The van der Waals surface area contributed by atoms with E-state index in [9.17, 15) is 4.79 Å². The molecule has 27 heavy (non-hydrogen) atoms. The summed E-state index contributed by atoms with van der Waals surface area (Å²) in [4.78, 5) is 14.8. The summed E-state index contributed by atoms with van der Waals surface area (Å²) < 4.78 is 11.4. The zero-order chi connectivity index (χ0) is 17.6. The molecule has 0 bridgehead atoms. The Hall–Kier alpha value is -1.05. The van der Waals surface area contributed by atoms with E-state index >= 15 is 0 Å². The topological polar surface area (TPSA) is 62.8 Å². The third-order valence-electron chi connectivity index (χ3n) is 4.91. The number of likely N-dealkylation sites (tertiary alicyclic amines) is 1. The lowest BCUT2D eigenvalue weighted by Crippen LogP contribution is -2.53. The van der Waals surface area contributed by atoms with Gasteiger partial charge in [-0.25, -0.2) is 0 Å². The molecule has 1 aromatic carbocycles. The van der Waals surface area contributed by atoms with Crippen LogP contribution in [0.1, 0.15) is 25.3 Å². The van der Waals surface area contributed by atoms with E-state index in [4.69, 9.17) is 9.47 Å². The first-order valence-corrected chi connectivity index (χ1v) is 9.25. The Morgan fingerprint density at radius 1 is 1.33 bits per heavy atom. The molecular formula is C19H31Cl2N3O3. The van der Waals surface area contributed by atoms with Gasteiger partial charge in [0.15, 0.2) is 0 Å². The Morgan fingerprint density at radius 2 is 2.07 bits per heavy atom. The zero-order valence-corrected chi connectivity index (χ0v) is 17.7. The van der Waals surface area contributed by atoms with Crippen molar-refractivity contribution in [2.75, 3.05) is 44.7 Å². The van der Waals surface area contributed by atoms with Gasteiger partial charge in [0, 0.05) is 18.8 Å². The van der Waals surface area contributed by atoms with Gasteiger partial charge in [0.1, 0.15) is 18.4 Å². The molecule has 2 aliphatic heterocycles. The van der Waals surface area contributed by atoms with E-state index in [1.165, 1.54) is 25.9 Å². The van der Waals surface area contributed by atoms with Crippen LogP contribution in [0.3, 0.4) is 0 Å². The molecule has 154 valence electrons. The van der Waals surface area contributed by atoms with E-state index in [1.807, 2.05) is 32.0 Å². The molecule has 0 aromatic heterocycles. The highest BCUT2D eigenvalue weighted by Crippen LogP contribution is 2.22. The van der Waals surface area contributed by atoms with Gasteiger partial charge in [-0.1, -0.05) is 0 Å². The van der Waals surface area contributed by atoms with Crippen LogP contribution in [0, 0.1) is 6.92 Å². The number of halogens is 2. The third kappa shape index (κ3) is 6.80. The minimum atomic E-state index is -0.314. The lowest BCUT2D eigenvalue weighted by atomic mass is 10.1. The summed E-state index contributed by atoms with van der Waals surface area (Å²) in [6.45, 7) is 9.31. The predicted octanol–water partition coefficient (Wildman–Crippen LogP) is 2.63. The highest BCUT2D eigenvalue weighted by Gasteiger charge is 2.28. The highest BCUT2D eigenvalue weighted by atomic mass is 35.5. The van der Waals surface area contributed by atoms with Crippen molar-refractivity contribution < 1.29 is 14.3 Å². The first kappa shape index (κ1) is 24.0. The number of hydrogen-bond donors (Lipinski definition) is 2. The lowest BCUT2D eigenvalue weighted by Gasteiger charge is -2.29. The molecule has 2 N–H and O–H groups in total. The van der Waals surface area contributed by atoms with Gasteiger partial charge >= 0.3 is 0 Å². The van der Waals surface area contributed by atoms with Crippen molar-refractivity contribution in [2.45, 2.75) is 38.8 Å². The van der Waals surface area contributed by atoms with Crippen LogP contribution in [-0.4, -0.2) is 62.3 Å². The Bertz CT molecular complexity index is 598. The van der Waals surface area contributed by atoms with E-state index in [-0.39, 0.29) is 42.9 Å². The summed E-state index contributed by atoms with van der Waals surface area (Å²) >= 11 is 0. The van der Waals surface area contributed by atoms with Crippen molar-refractivity contribution in [3.63, 3.8) is 0 Å². The number of morpholine rings is 1. The van der Waals surface area contributed by atoms with Crippen LogP contribution in [0.5, 0.6) is 5.75 Å². The third-order valence-corrected chi connectivity index (χ3v) is 4.91. The maximum Gasteiger partial charge on any atom is 0.244 e. The van der Waals surface area contributed by atoms with Crippen LogP contribution in [0.25, 0.3) is 0 Å². The number of nitrogens with one attached hydrogen (secondary N) is 2. The average Bonchev–Trinajstić information content (AvgIpc) is 3.10. The smallest absolute Gasteiger partial charge is 0.244 e. The van der Waals surface area contributed by atoms with E-state index in [1.54, 1.807) is 0 Å². The Morgan fingerprint density at radius 3 is 2.74 bits per heavy atom. The van der Waals surface area contributed by atoms with Crippen molar-refractivity contribution >= 4 is 36.4 Å². The van der Waals surface area contributed by atoms with Crippen molar-refractivity contribution in [1.29, 1.82) is 0 Å². The first-order chi connectivity index (χ1) is 12.1. The summed E-state index contributed by atoms with van der Waals surface area (Å²) in [7, 11) is 0. The second kappa shape index (κ2) is 11.7. The largest absolute Gasteiger partial charge is 0.492 e. The standard InChI is InChI=1S/C19H29N3O3.2ClH/c1-14-13-16(21-19(23)18-15(2)24-11-7-20-18)5-6-17(14)25-12-10-22-8-3-4-9-22;;/h5-6,13,15,18,20H,3-4,7-12H2,1-2H3,(H,21,23);2*1H/t15-,18+;;/m1../s1. The normalized spacial score (nSPS) is 22.4. The van der Waals surface area contributed by atoms with Crippen LogP contribution in [-0.2, 0) is 9.53 Å². The van der Waals surface area contributed by atoms with Crippen LogP contribution in [0.15, 0.2) is 18.2 Å². The fourth-order valence-electron chi connectivity index (χ4n) is 3.43. The molecule has 2 atom stereocenters. The van der Waals surface area contributed by atoms with Gasteiger partial charge in [0.2, 0.25) is 5.91 Å². The zero-order valence-electron chi connectivity index (χ0n) is 16.0.